The topological polar surface area (TPSA) is 99.4 Å². The zero-order valence-corrected chi connectivity index (χ0v) is 20.9. The van der Waals surface area contributed by atoms with Gasteiger partial charge in [-0.1, -0.05) is 37.1 Å². The molecular weight excluding hydrogens is 432 g/mol. The van der Waals surface area contributed by atoms with Crippen molar-refractivity contribution < 1.29 is 29.9 Å². The quantitative estimate of drug-likeness (QED) is 0.273. The van der Waals surface area contributed by atoms with E-state index in [4.69, 9.17) is 19.7 Å². The van der Waals surface area contributed by atoms with E-state index in [-0.39, 0.29) is 38.3 Å². The van der Waals surface area contributed by atoms with Gasteiger partial charge in [0.05, 0.1) is 14.2 Å². The first kappa shape index (κ1) is 29.9. The minimum atomic E-state index is 0.206. The average molecular weight is 477 g/mol. The number of aliphatic hydroxyl groups is 4. The Morgan fingerprint density at radius 3 is 1.18 bits per heavy atom. The van der Waals surface area contributed by atoms with E-state index in [1.807, 2.05) is 48.5 Å². The minimum Gasteiger partial charge on any atom is -0.497 e. The Balaban J connectivity index is 0.000000340. The molecule has 0 aliphatic heterocycles. The lowest BCUT2D eigenvalue weighted by molar-refractivity contribution is 0.209. The van der Waals surface area contributed by atoms with Gasteiger partial charge in [-0.3, -0.25) is 0 Å². The molecule has 0 amide bonds. The van der Waals surface area contributed by atoms with Crippen LogP contribution in [-0.4, -0.2) is 61.1 Å². The largest absolute Gasteiger partial charge is 0.497 e. The van der Waals surface area contributed by atoms with E-state index < -0.39 is 0 Å². The van der Waals surface area contributed by atoms with E-state index in [9.17, 15) is 10.2 Å². The summed E-state index contributed by atoms with van der Waals surface area (Å²) >= 11 is 0. The Labute approximate surface area is 205 Å². The predicted molar refractivity (Wildman–Crippen MR) is 136 cm³/mol. The zero-order chi connectivity index (χ0) is 25.0. The zero-order valence-electron chi connectivity index (χ0n) is 20.9. The molecule has 2 aromatic carbocycles. The van der Waals surface area contributed by atoms with Crippen LogP contribution in [0.2, 0.25) is 0 Å². The normalized spacial score (nSPS) is 12.4. The summed E-state index contributed by atoms with van der Waals surface area (Å²) in [5.74, 6) is 2.29. The molecule has 2 atom stereocenters. The smallest absolute Gasteiger partial charge is 0.118 e. The van der Waals surface area contributed by atoms with Crippen molar-refractivity contribution in [3.63, 3.8) is 0 Å². The molecule has 0 spiro atoms. The van der Waals surface area contributed by atoms with Crippen LogP contribution >= 0.6 is 0 Å². The Morgan fingerprint density at radius 2 is 0.912 bits per heavy atom. The van der Waals surface area contributed by atoms with Gasteiger partial charge < -0.3 is 29.9 Å². The van der Waals surface area contributed by atoms with Crippen LogP contribution in [0.4, 0.5) is 0 Å². The SMILES string of the molecule is COc1ccc(C[C@@H](CO)CCCCO)cc1.COc1ccc(C[C@H](CO)CCCCO)cc1. The van der Waals surface area contributed by atoms with Gasteiger partial charge in [0, 0.05) is 26.4 Å². The molecule has 0 aliphatic carbocycles. The van der Waals surface area contributed by atoms with Crippen LogP contribution in [0.3, 0.4) is 0 Å². The first-order valence-corrected chi connectivity index (χ1v) is 12.3. The van der Waals surface area contributed by atoms with Crippen LogP contribution in [0, 0.1) is 11.8 Å². The van der Waals surface area contributed by atoms with E-state index in [2.05, 4.69) is 0 Å². The first-order valence-electron chi connectivity index (χ1n) is 12.3. The molecule has 192 valence electrons. The molecular formula is C28H44O6. The van der Waals surface area contributed by atoms with Crippen LogP contribution in [0.5, 0.6) is 11.5 Å². The number of hydrogen-bond donors (Lipinski definition) is 4. The third-order valence-electron chi connectivity index (χ3n) is 5.92. The van der Waals surface area contributed by atoms with Crippen molar-refractivity contribution in [3.8, 4) is 11.5 Å². The Bertz CT molecular complexity index is 653. The van der Waals surface area contributed by atoms with E-state index in [0.29, 0.717) is 0 Å². The number of unbranched alkanes of at least 4 members (excludes halogenated alkanes) is 2. The molecule has 34 heavy (non-hydrogen) atoms. The van der Waals surface area contributed by atoms with Gasteiger partial charge in [0.2, 0.25) is 0 Å². The maximum Gasteiger partial charge on any atom is 0.118 e. The molecule has 0 saturated carbocycles. The Hall–Kier alpha value is -2.12. The van der Waals surface area contributed by atoms with Gasteiger partial charge in [-0.15, -0.1) is 0 Å². The number of rotatable bonds is 16. The van der Waals surface area contributed by atoms with Gasteiger partial charge in [0.25, 0.3) is 0 Å². The third-order valence-corrected chi connectivity index (χ3v) is 5.92. The monoisotopic (exact) mass is 476 g/mol. The van der Waals surface area contributed by atoms with Gasteiger partial charge in [0.15, 0.2) is 0 Å². The molecule has 0 fully saturated rings. The number of benzene rings is 2. The molecule has 0 unspecified atom stereocenters. The molecule has 0 saturated heterocycles. The van der Waals surface area contributed by atoms with Gasteiger partial charge in [-0.05, 0) is 85.8 Å². The van der Waals surface area contributed by atoms with E-state index in [1.54, 1.807) is 14.2 Å². The van der Waals surface area contributed by atoms with Crippen molar-refractivity contribution in [1.29, 1.82) is 0 Å². The lowest BCUT2D eigenvalue weighted by atomic mass is 9.95. The maximum atomic E-state index is 9.30. The highest BCUT2D eigenvalue weighted by molar-refractivity contribution is 5.28. The van der Waals surface area contributed by atoms with Crippen LogP contribution < -0.4 is 9.47 Å². The van der Waals surface area contributed by atoms with Gasteiger partial charge in [-0.2, -0.15) is 0 Å². The lowest BCUT2D eigenvalue weighted by Crippen LogP contribution is -2.10. The fourth-order valence-corrected chi connectivity index (χ4v) is 3.80. The molecule has 2 aromatic rings. The second-order valence-electron chi connectivity index (χ2n) is 8.64. The van der Waals surface area contributed by atoms with E-state index in [0.717, 1.165) is 62.9 Å². The highest BCUT2D eigenvalue weighted by Crippen LogP contribution is 2.19. The number of aliphatic hydroxyl groups excluding tert-OH is 4. The van der Waals surface area contributed by atoms with Crippen LogP contribution in [0.1, 0.15) is 49.7 Å². The first-order chi connectivity index (χ1) is 16.6. The molecule has 0 heterocycles. The predicted octanol–water partition coefficient (Wildman–Crippen LogP) is 4.02. The van der Waals surface area contributed by atoms with E-state index >= 15 is 0 Å². The summed E-state index contributed by atoms with van der Waals surface area (Å²) in [5.41, 5.74) is 2.43. The van der Waals surface area contributed by atoms with Gasteiger partial charge in [0.1, 0.15) is 11.5 Å². The maximum absolute atomic E-state index is 9.30. The fourth-order valence-electron chi connectivity index (χ4n) is 3.80. The summed E-state index contributed by atoms with van der Waals surface area (Å²) in [6.07, 6.45) is 7.26. The molecule has 6 heteroatoms. The average Bonchev–Trinajstić information content (AvgIpc) is 2.89. The number of methoxy groups -OCH3 is 2. The minimum absolute atomic E-state index is 0.206. The molecule has 0 radical (unpaired) electrons. The van der Waals surface area contributed by atoms with Crippen LogP contribution in [0.15, 0.2) is 48.5 Å². The van der Waals surface area contributed by atoms with Crippen molar-refractivity contribution in [3.05, 3.63) is 59.7 Å². The van der Waals surface area contributed by atoms with Gasteiger partial charge in [-0.25, -0.2) is 0 Å². The van der Waals surface area contributed by atoms with Crippen LogP contribution in [0.25, 0.3) is 0 Å². The van der Waals surface area contributed by atoms with E-state index in [1.165, 1.54) is 11.1 Å². The Morgan fingerprint density at radius 1 is 0.559 bits per heavy atom. The molecule has 0 aliphatic rings. The number of ether oxygens (including phenoxy) is 2. The number of hydrogen-bond acceptors (Lipinski definition) is 6. The molecule has 4 N–H and O–H groups in total. The lowest BCUT2D eigenvalue weighted by Gasteiger charge is -2.14. The summed E-state index contributed by atoms with van der Waals surface area (Å²) < 4.78 is 10.2. The fraction of sp³-hybridized carbons (Fsp3) is 0.571. The second-order valence-corrected chi connectivity index (χ2v) is 8.64. The summed E-state index contributed by atoms with van der Waals surface area (Å²) in [6, 6.07) is 15.9. The third kappa shape index (κ3) is 12.9. The second kappa shape index (κ2) is 19.2. The Kier molecular flexibility index (Phi) is 16.9. The van der Waals surface area contributed by atoms with Crippen LogP contribution in [-0.2, 0) is 12.8 Å². The summed E-state index contributed by atoms with van der Waals surface area (Å²) in [7, 11) is 3.31. The van der Waals surface area contributed by atoms with Gasteiger partial charge >= 0.3 is 0 Å². The van der Waals surface area contributed by atoms with Crippen molar-refractivity contribution in [2.24, 2.45) is 11.8 Å². The molecule has 6 nitrogen and oxygen atoms in total. The van der Waals surface area contributed by atoms with Crippen molar-refractivity contribution >= 4 is 0 Å². The van der Waals surface area contributed by atoms with Crippen molar-refractivity contribution in [1.82, 2.24) is 0 Å². The molecule has 0 bridgehead atoms. The van der Waals surface area contributed by atoms with Crippen molar-refractivity contribution in [2.45, 2.75) is 51.4 Å². The highest BCUT2D eigenvalue weighted by atomic mass is 16.5. The summed E-state index contributed by atoms with van der Waals surface area (Å²) in [6.45, 7) is 0.885. The molecule has 0 aromatic heterocycles. The van der Waals surface area contributed by atoms with Crippen molar-refractivity contribution in [2.75, 3.05) is 40.6 Å². The standard InChI is InChI=1S/2C14H22O3/c2*1-17-14-7-5-12(6-8-14)10-13(11-16)4-2-3-9-15/h2*5-8,13,15-16H,2-4,9-11H2,1H3/t2*13-/m10/s1. The highest BCUT2D eigenvalue weighted by Gasteiger charge is 2.09. The summed E-state index contributed by atoms with van der Waals surface area (Å²) in [4.78, 5) is 0. The molecule has 2 rings (SSSR count). The summed E-state index contributed by atoms with van der Waals surface area (Å²) in [5, 5.41) is 36.0.